The minimum Gasteiger partial charge on any atom is -0.342 e. The molecule has 192 valence electrons. The molecule has 5 heteroatoms. The van der Waals surface area contributed by atoms with Crippen LogP contribution in [0.3, 0.4) is 0 Å². The first kappa shape index (κ1) is 24.4. The lowest BCUT2D eigenvalue weighted by molar-refractivity contribution is -0.150. The number of nitrogens with one attached hydrogen (secondary N) is 1. The van der Waals surface area contributed by atoms with Crippen LogP contribution in [0.4, 0.5) is 0 Å². The maximum Gasteiger partial charge on any atom is 0.246 e. The van der Waals surface area contributed by atoms with Crippen molar-refractivity contribution in [3.63, 3.8) is 0 Å². The molecule has 0 spiro atoms. The van der Waals surface area contributed by atoms with Gasteiger partial charge in [-0.3, -0.25) is 9.59 Å². The van der Waals surface area contributed by atoms with Gasteiger partial charge in [0, 0.05) is 13.0 Å². The first-order chi connectivity index (χ1) is 18.6. The van der Waals surface area contributed by atoms with Crippen LogP contribution in [0, 0.1) is 0 Å². The summed E-state index contributed by atoms with van der Waals surface area (Å²) in [6.45, 7) is 1.01. The molecule has 0 aromatic heterocycles. The first-order valence-electron chi connectivity index (χ1n) is 13.6. The largest absolute Gasteiger partial charge is 0.342 e. The molecule has 0 saturated carbocycles. The van der Waals surface area contributed by atoms with Crippen LogP contribution in [0.1, 0.15) is 41.5 Å². The van der Waals surface area contributed by atoms with Gasteiger partial charge in [-0.15, -0.1) is 0 Å². The first-order valence-corrected chi connectivity index (χ1v) is 13.6. The van der Waals surface area contributed by atoms with Crippen LogP contribution in [0.15, 0.2) is 84.9 Å². The number of nitrogens with zero attached hydrogens (tertiary/aromatic N) is 1. The molecule has 1 saturated heterocycles. The Bertz CT molecular complexity index is 1510. The van der Waals surface area contributed by atoms with Gasteiger partial charge >= 0.3 is 0 Å². The molecule has 0 radical (unpaired) electrons. The van der Waals surface area contributed by atoms with Crippen molar-refractivity contribution in [2.24, 2.45) is 5.73 Å². The summed E-state index contributed by atoms with van der Waals surface area (Å²) >= 11 is 0. The van der Waals surface area contributed by atoms with Crippen LogP contribution in [0.5, 0.6) is 0 Å². The van der Waals surface area contributed by atoms with Gasteiger partial charge in [-0.2, -0.15) is 0 Å². The molecular weight excluding hydrogens is 470 g/mol. The third kappa shape index (κ3) is 4.70. The van der Waals surface area contributed by atoms with E-state index in [1.807, 2.05) is 17.0 Å². The van der Waals surface area contributed by atoms with Crippen molar-refractivity contribution >= 4 is 22.6 Å². The van der Waals surface area contributed by atoms with E-state index in [2.05, 4.69) is 78.1 Å². The average molecular weight is 504 g/mol. The molecule has 0 bridgehead atoms. The van der Waals surface area contributed by atoms with Crippen molar-refractivity contribution < 1.29 is 9.59 Å². The fraction of sp³-hybridized carbons (Fsp3) is 0.273. The molecule has 6 rings (SSSR count). The highest BCUT2D eigenvalue weighted by atomic mass is 16.2. The van der Waals surface area contributed by atoms with E-state index in [4.69, 9.17) is 5.73 Å². The molecule has 5 nitrogen and oxygen atoms in total. The Kier molecular flexibility index (Phi) is 6.69. The minimum absolute atomic E-state index is 0.0145. The van der Waals surface area contributed by atoms with E-state index in [9.17, 15) is 9.59 Å². The predicted octanol–water partition coefficient (Wildman–Crippen LogP) is 4.98. The van der Waals surface area contributed by atoms with Gasteiger partial charge in [-0.25, -0.2) is 0 Å². The Morgan fingerprint density at radius 2 is 1.55 bits per heavy atom. The Morgan fingerprint density at radius 1 is 0.789 bits per heavy atom. The third-order valence-corrected chi connectivity index (χ3v) is 7.97. The van der Waals surface area contributed by atoms with Gasteiger partial charge in [0.05, 0.1) is 0 Å². The molecule has 1 aliphatic heterocycles. The summed E-state index contributed by atoms with van der Waals surface area (Å²) in [5, 5.41) is 5.34. The zero-order chi connectivity index (χ0) is 26.1. The van der Waals surface area contributed by atoms with E-state index in [-0.39, 0.29) is 11.8 Å². The van der Waals surface area contributed by atoms with Gasteiger partial charge in [-0.1, -0.05) is 84.9 Å². The fourth-order valence-electron chi connectivity index (χ4n) is 6.02. The molecule has 4 aromatic rings. The number of nitrogens with two attached hydrogens (primary N) is 1. The third-order valence-electron chi connectivity index (χ3n) is 7.97. The fourth-order valence-corrected chi connectivity index (χ4v) is 6.02. The highest BCUT2D eigenvalue weighted by Crippen LogP contribution is 2.37. The van der Waals surface area contributed by atoms with Crippen LogP contribution in [-0.4, -0.2) is 35.3 Å². The van der Waals surface area contributed by atoms with Gasteiger partial charge in [0.15, 0.2) is 0 Å². The molecule has 0 unspecified atom stereocenters. The summed E-state index contributed by atoms with van der Waals surface area (Å²) in [6.07, 6.45) is 3.64. The van der Waals surface area contributed by atoms with Crippen LogP contribution in [-0.2, 0) is 29.0 Å². The van der Waals surface area contributed by atoms with Crippen molar-refractivity contribution in [2.45, 2.75) is 50.7 Å². The topological polar surface area (TPSA) is 75.4 Å². The van der Waals surface area contributed by atoms with Gasteiger partial charge in [0.25, 0.3) is 0 Å². The minimum atomic E-state index is -0.576. The number of piperazine rings is 1. The van der Waals surface area contributed by atoms with Crippen LogP contribution in [0.25, 0.3) is 21.9 Å². The van der Waals surface area contributed by atoms with E-state index in [1.165, 1.54) is 22.3 Å². The Balaban J connectivity index is 1.26. The summed E-state index contributed by atoms with van der Waals surface area (Å²) in [7, 11) is 0. The second-order valence-electron chi connectivity index (χ2n) is 10.5. The van der Waals surface area contributed by atoms with E-state index in [0.717, 1.165) is 41.2 Å². The molecule has 2 atom stereocenters. The van der Waals surface area contributed by atoms with Gasteiger partial charge in [-0.05, 0) is 76.4 Å². The number of unbranched alkanes of at least 4 members (excludes halogenated alkanes) is 1. The average Bonchev–Trinajstić information content (AvgIpc) is 3.31. The standard InChI is InChI=1S/C33H33N3O2/c34-16-6-5-11-31-32(37)35-30(19-22-12-14-24-7-1-2-8-25(24)17-22)33(38)36(31)21-23-13-15-29-27(18-23)20-26-9-3-4-10-28(26)29/h1-4,7-10,12-15,17-18,30-31H,5-6,11,16,19-21,34H2,(H,35,37)/t30-,31-/m0/s1. The molecule has 1 aliphatic carbocycles. The van der Waals surface area contributed by atoms with Crippen molar-refractivity contribution in [2.75, 3.05) is 6.54 Å². The van der Waals surface area contributed by atoms with E-state index in [1.54, 1.807) is 0 Å². The molecule has 3 N–H and O–H groups in total. The summed E-state index contributed by atoms with van der Waals surface area (Å²) in [5.41, 5.74) is 13.0. The quantitative estimate of drug-likeness (QED) is 0.293. The van der Waals surface area contributed by atoms with Gasteiger partial charge in [0.1, 0.15) is 12.1 Å². The number of carbonyl (C=O) groups excluding carboxylic acids is 2. The highest BCUT2D eigenvalue weighted by molar-refractivity contribution is 5.97. The normalized spacial score (nSPS) is 18.4. The second-order valence-corrected chi connectivity index (χ2v) is 10.5. The van der Waals surface area contributed by atoms with Crippen molar-refractivity contribution in [3.05, 3.63) is 107 Å². The van der Waals surface area contributed by atoms with Crippen LogP contribution >= 0.6 is 0 Å². The molecule has 1 heterocycles. The lowest BCUT2D eigenvalue weighted by Gasteiger charge is -2.39. The Labute approximate surface area is 223 Å². The predicted molar refractivity (Wildman–Crippen MR) is 152 cm³/mol. The van der Waals surface area contributed by atoms with Gasteiger partial charge < -0.3 is 16.0 Å². The van der Waals surface area contributed by atoms with Gasteiger partial charge in [0.2, 0.25) is 11.8 Å². The number of hydrogen-bond acceptors (Lipinski definition) is 3. The lowest BCUT2D eigenvalue weighted by Crippen LogP contribution is -2.63. The van der Waals surface area contributed by atoms with E-state index in [0.29, 0.717) is 25.9 Å². The zero-order valence-electron chi connectivity index (χ0n) is 21.5. The lowest BCUT2D eigenvalue weighted by atomic mass is 9.95. The van der Waals surface area contributed by atoms with E-state index >= 15 is 0 Å². The van der Waals surface area contributed by atoms with Crippen molar-refractivity contribution in [1.29, 1.82) is 0 Å². The number of rotatable bonds is 8. The van der Waals surface area contributed by atoms with Crippen molar-refractivity contribution in [3.8, 4) is 11.1 Å². The number of hydrogen-bond donors (Lipinski definition) is 2. The summed E-state index contributed by atoms with van der Waals surface area (Å²) in [4.78, 5) is 29.0. The Hall–Kier alpha value is -3.96. The zero-order valence-corrected chi connectivity index (χ0v) is 21.5. The molecule has 4 aromatic carbocycles. The van der Waals surface area contributed by atoms with Crippen LogP contribution in [0.2, 0.25) is 0 Å². The summed E-state index contributed by atoms with van der Waals surface area (Å²) in [6, 6.07) is 28.4. The molecular formula is C33H33N3O2. The number of amides is 2. The van der Waals surface area contributed by atoms with Crippen molar-refractivity contribution in [1.82, 2.24) is 10.2 Å². The van der Waals surface area contributed by atoms with Crippen LogP contribution < -0.4 is 11.1 Å². The number of carbonyl (C=O) groups is 2. The molecule has 38 heavy (non-hydrogen) atoms. The number of fused-ring (bicyclic) bond motifs is 4. The second kappa shape index (κ2) is 10.4. The molecule has 1 fully saturated rings. The maximum absolute atomic E-state index is 13.9. The SMILES string of the molecule is NCCCC[C@H]1C(=O)N[C@@H](Cc2ccc3ccccc3c2)C(=O)N1Cc1ccc2c(c1)Cc1ccccc1-2. The Morgan fingerprint density at radius 3 is 2.42 bits per heavy atom. The monoisotopic (exact) mass is 503 g/mol. The maximum atomic E-state index is 13.9. The van der Waals surface area contributed by atoms with E-state index < -0.39 is 12.1 Å². The smallest absolute Gasteiger partial charge is 0.246 e. The molecule has 2 amide bonds. The number of benzene rings is 4. The summed E-state index contributed by atoms with van der Waals surface area (Å²) in [5.74, 6) is -0.0831. The summed E-state index contributed by atoms with van der Waals surface area (Å²) < 4.78 is 0. The highest BCUT2D eigenvalue weighted by Gasteiger charge is 2.40. The molecule has 2 aliphatic rings.